The second-order valence-corrected chi connectivity index (χ2v) is 6.37. The Labute approximate surface area is 143 Å². The molecule has 0 aliphatic rings. The van der Waals surface area contributed by atoms with Crippen molar-refractivity contribution < 1.29 is 19.1 Å². The van der Waals surface area contributed by atoms with Crippen LogP contribution < -0.4 is 4.74 Å². The minimum atomic E-state index is -0.851. The van der Waals surface area contributed by atoms with E-state index in [1.54, 1.807) is 44.4 Å². The maximum atomic E-state index is 12.4. The molecule has 3 rings (SSSR count). The van der Waals surface area contributed by atoms with Crippen LogP contribution in [0.4, 0.5) is 0 Å². The van der Waals surface area contributed by atoms with E-state index in [2.05, 4.69) is 0 Å². The van der Waals surface area contributed by atoms with E-state index in [1.807, 2.05) is 24.3 Å². The Kier molecular flexibility index (Phi) is 4.62. The van der Waals surface area contributed by atoms with Crippen LogP contribution in [0.25, 0.3) is 10.1 Å². The van der Waals surface area contributed by atoms with Crippen molar-refractivity contribution in [2.24, 2.45) is 0 Å². The molecule has 5 heteroatoms. The third-order valence-electron chi connectivity index (χ3n) is 3.65. The molecule has 0 aliphatic carbocycles. The lowest BCUT2D eigenvalue weighted by atomic mass is 10.1. The van der Waals surface area contributed by atoms with Gasteiger partial charge < -0.3 is 9.47 Å². The predicted molar refractivity (Wildman–Crippen MR) is 94.0 cm³/mol. The van der Waals surface area contributed by atoms with Crippen molar-refractivity contribution in [1.82, 2.24) is 0 Å². The van der Waals surface area contributed by atoms with Gasteiger partial charge in [0.2, 0.25) is 5.78 Å². The summed E-state index contributed by atoms with van der Waals surface area (Å²) in [5, 5.41) is 0.989. The van der Waals surface area contributed by atoms with Crippen molar-refractivity contribution in [2.45, 2.75) is 13.0 Å². The Bertz CT molecular complexity index is 847. The van der Waals surface area contributed by atoms with Crippen molar-refractivity contribution in [2.75, 3.05) is 7.11 Å². The predicted octanol–water partition coefficient (Wildman–Crippen LogP) is 4.34. The number of methoxy groups -OCH3 is 1. The molecule has 4 nitrogen and oxygen atoms in total. The summed E-state index contributed by atoms with van der Waals surface area (Å²) in [6, 6.07) is 16.2. The molecule has 0 unspecified atom stereocenters. The molecule has 0 saturated heterocycles. The number of ether oxygens (including phenoxy) is 2. The van der Waals surface area contributed by atoms with E-state index in [0.29, 0.717) is 16.2 Å². The Morgan fingerprint density at radius 2 is 1.75 bits per heavy atom. The van der Waals surface area contributed by atoms with Gasteiger partial charge in [0, 0.05) is 10.3 Å². The lowest BCUT2D eigenvalue weighted by Crippen LogP contribution is -2.24. The molecule has 0 bridgehead atoms. The van der Waals surface area contributed by atoms with Crippen LogP contribution in [0.15, 0.2) is 54.6 Å². The molecule has 0 N–H and O–H groups in total. The monoisotopic (exact) mass is 340 g/mol. The van der Waals surface area contributed by atoms with Gasteiger partial charge in [0.05, 0.1) is 7.11 Å². The van der Waals surface area contributed by atoms with Gasteiger partial charge in [-0.1, -0.05) is 18.2 Å². The van der Waals surface area contributed by atoms with E-state index < -0.39 is 12.1 Å². The standard InChI is InChI=1S/C19H16O4S/c1-12(18(20)13-7-9-15(22-2)10-8-13)23-19(21)17-11-14-5-3-4-6-16(14)24-17/h3-12H,1-2H3/t12-/m0/s1. The van der Waals surface area contributed by atoms with Gasteiger partial charge in [-0.15, -0.1) is 11.3 Å². The molecule has 0 radical (unpaired) electrons. The zero-order valence-corrected chi connectivity index (χ0v) is 14.1. The Morgan fingerprint density at radius 1 is 1.04 bits per heavy atom. The molecule has 2 aromatic carbocycles. The summed E-state index contributed by atoms with van der Waals surface area (Å²) in [4.78, 5) is 25.1. The molecular formula is C19H16O4S. The summed E-state index contributed by atoms with van der Waals surface area (Å²) in [7, 11) is 1.56. The van der Waals surface area contributed by atoms with Crippen LogP contribution in [0.2, 0.25) is 0 Å². The highest BCUT2D eigenvalue weighted by Crippen LogP contribution is 2.26. The number of fused-ring (bicyclic) bond motifs is 1. The zero-order chi connectivity index (χ0) is 17.1. The van der Waals surface area contributed by atoms with Gasteiger partial charge in [-0.3, -0.25) is 4.79 Å². The van der Waals surface area contributed by atoms with Crippen LogP contribution in [0.1, 0.15) is 27.0 Å². The van der Waals surface area contributed by atoms with Crippen molar-refractivity contribution in [1.29, 1.82) is 0 Å². The molecule has 0 amide bonds. The third kappa shape index (κ3) is 3.31. The molecule has 3 aromatic rings. The van der Waals surface area contributed by atoms with E-state index in [4.69, 9.17) is 9.47 Å². The number of thiophene rings is 1. The van der Waals surface area contributed by atoms with Gasteiger partial charge in [0.25, 0.3) is 0 Å². The molecule has 1 aromatic heterocycles. The Morgan fingerprint density at radius 3 is 2.42 bits per heavy atom. The number of carbonyl (C=O) groups is 2. The molecule has 24 heavy (non-hydrogen) atoms. The quantitative estimate of drug-likeness (QED) is 0.512. The minimum Gasteiger partial charge on any atom is -0.497 e. The van der Waals surface area contributed by atoms with Crippen LogP contribution in [-0.2, 0) is 4.74 Å². The fourth-order valence-electron chi connectivity index (χ4n) is 2.34. The maximum absolute atomic E-state index is 12.4. The van der Waals surface area contributed by atoms with Crippen molar-refractivity contribution in [3.8, 4) is 5.75 Å². The first-order valence-electron chi connectivity index (χ1n) is 7.46. The second kappa shape index (κ2) is 6.84. The van der Waals surface area contributed by atoms with Crippen molar-refractivity contribution in [3.05, 3.63) is 65.0 Å². The normalized spacial score (nSPS) is 11.9. The number of carbonyl (C=O) groups excluding carboxylic acids is 2. The fraction of sp³-hybridized carbons (Fsp3) is 0.158. The topological polar surface area (TPSA) is 52.6 Å². The van der Waals surface area contributed by atoms with E-state index in [1.165, 1.54) is 11.3 Å². The van der Waals surface area contributed by atoms with Crippen LogP contribution in [0.3, 0.4) is 0 Å². The van der Waals surface area contributed by atoms with Gasteiger partial charge in [-0.05, 0) is 48.7 Å². The molecule has 1 heterocycles. The summed E-state index contributed by atoms with van der Waals surface area (Å²) in [6.07, 6.45) is -0.851. The number of esters is 1. The largest absolute Gasteiger partial charge is 0.497 e. The highest BCUT2D eigenvalue weighted by Gasteiger charge is 2.21. The fourth-order valence-corrected chi connectivity index (χ4v) is 3.29. The molecule has 122 valence electrons. The number of Topliss-reactive ketones (excluding diaryl/α,β-unsaturated/α-hetero) is 1. The van der Waals surface area contributed by atoms with E-state index in [-0.39, 0.29) is 5.78 Å². The minimum absolute atomic E-state index is 0.243. The average molecular weight is 340 g/mol. The third-order valence-corrected chi connectivity index (χ3v) is 4.75. The van der Waals surface area contributed by atoms with Gasteiger partial charge in [0.15, 0.2) is 6.10 Å². The van der Waals surface area contributed by atoms with E-state index in [0.717, 1.165) is 10.1 Å². The lowest BCUT2D eigenvalue weighted by molar-refractivity contribution is 0.0323. The van der Waals surface area contributed by atoms with Gasteiger partial charge in [0.1, 0.15) is 10.6 Å². The Balaban J connectivity index is 1.71. The van der Waals surface area contributed by atoms with Gasteiger partial charge in [-0.25, -0.2) is 4.79 Å². The van der Waals surface area contributed by atoms with Crippen LogP contribution in [-0.4, -0.2) is 25.0 Å². The van der Waals surface area contributed by atoms with Crippen LogP contribution in [0.5, 0.6) is 5.75 Å². The summed E-state index contributed by atoms with van der Waals surface area (Å²) in [5.74, 6) is -0.0563. The highest BCUT2D eigenvalue weighted by atomic mass is 32.1. The van der Waals surface area contributed by atoms with Crippen molar-refractivity contribution >= 4 is 33.2 Å². The molecular weight excluding hydrogens is 324 g/mol. The first-order chi connectivity index (χ1) is 11.6. The molecule has 0 fully saturated rings. The average Bonchev–Trinajstić information content (AvgIpc) is 3.05. The summed E-state index contributed by atoms with van der Waals surface area (Å²) in [6.45, 7) is 1.58. The second-order valence-electron chi connectivity index (χ2n) is 5.29. The van der Waals surface area contributed by atoms with Crippen LogP contribution >= 0.6 is 11.3 Å². The highest BCUT2D eigenvalue weighted by molar-refractivity contribution is 7.20. The molecule has 1 atom stereocenters. The first kappa shape index (κ1) is 16.2. The maximum Gasteiger partial charge on any atom is 0.349 e. The van der Waals surface area contributed by atoms with E-state index >= 15 is 0 Å². The van der Waals surface area contributed by atoms with Gasteiger partial charge >= 0.3 is 5.97 Å². The number of hydrogen-bond acceptors (Lipinski definition) is 5. The first-order valence-corrected chi connectivity index (χ1v) is 8.28. The number of ketones is 1. The Hall–Kier alpha value is -2.66. The summed E-state index contributed by atoms with van der Waals surface area (Å²) >= 11 is 1.36. The lowest BCUT2D eigenvalue weighted by Gasteiger charge is -2.11. The van der Waals surface area contributed by atoms with Gasteiger partial charge in [-0.2, -0.15) is 0 Å². The number of rotatable bonds is 5. The number of benzene rings is 2. The number of hydrogen-bond donors (Lipinski definition) is 0. The molecule has 0 spiro atoms. The van der Waals surface area contributed by atoms with Crippen molar-refractivity contribution in [3.63, 3.8) is 0 Å². The zero-order valence-electron chi connectivity index (χ0n) is 13.3. The SMILES string of the molecule is COc1ccc(C(=O)[C@H](C)OC(=O)c2cc3ccccc3s2)cc1. The summed E-state index contributed by atoms with van der Waals surface area (Å²) < 4.78 is 11.4. The molecule has 0 saturated carbocycles. The van der Waals surface area contributed by atoms with Crippen LogP contribution in [0, 0.1) is 0 Å². The summed E-state index contributed by atoms with van der Waals surface area (Å²) in [5.41, 5.74) is 0.479. The smallest absolute Gasteiger partial charge is 0.349 e. The molecule has 0 aliphatic heterocycles. The van der Waals surface area contributed by atoms with E-state index in [9.17, 15) is 9.59 Å².